The normalized spacial score (nSPS) is 10.6. The van der Waals surface area contributed by atoms with E-state index >= 15 is 0 Å². The third-order valence-corrected chi connectivity index (χ3v) is 4.63. The van der Waals surface area contributed by atoms with Gasteiger partial charge in [-0.15, -0.1) is 10.2 Å². The fraction of sp³-hybridized carbons (Fsp3) is 0.167. The second kappa shape index (κ2) is 8.00. The van der Waals surface area contributed by atoms with Crippen molar-refractivity contribution in [3.8, 4) is 11.5 Å². The third kappa shape index (κ3) is 4.50. The van der Waals surface area contributed by atoms with Crippen molar-refractivity contribution >= 4 is 29.0 Å². The summed E-state index contributed by atoms with van der Waals surface area (Å²) < 4.78 is 5.56. The first-order valence-corrected chi connectivity index (χ1v) is 9.00. The van der Waals surface area contributed by atoms with Crippen LogP contribution in [-0.4, -0.2) is 26.8 Å². The molecule has 0 spiro atoms. The van der Waals surface area contributed by atoms with Crippen molar-refractivity contribution in [2.75, 3.05) is 11.1 Å². The van der Waals surface area contributed by atoms with Gasteiger partial charge in [0, 0.05) is 11.6 Å². The molecule has 1 amide bonds. The molecule has 0 saturated carbocycles. The number of nitrogens with zero attached hydrogens (tertiary/aromatic N) is 3. The first-order valence-electron chi connectivity index (χ1n) is 8.01. The highest BCUT2D eigenvalue weighted by molar-refractivity contribution is 7.99. The van der Waals surface area contributed by atoms with E-state index in [0.717, 1.165) is 22.9 Å². The van der Waals surface area contributed by atoms with E-state index in [0.29, 0.717) is 17.1 Å². The summed E-state index contributed by atoms with van der Waals surface area (Å²) in [4.78, 5) is 22.6. The maximum atomic E-state index is 12.1. The fourth-order valence-corrected chi connectivity index (χ4v) is 2.91. The van der Waals surface area contributed by atoms with Gasteiger partial charge in [0.2, 0.25) is 11.8 Å². The van der Waals surface area contributed by atoms with E-state index in [-0.39, 0.29) is 22.6 Å². The minimum absolute atomic E-state index is 0.0393. The second-order valence-corrected chi connectivity index (χ2v) is 6.71. The number of benzene rings is 2. The fourth-order valence-electron chi connectivity index (χ4n) is 2.35. The molecule has 1 heterocycles. The van der Waals surface area contributed by atoms with Crippen LogP contribution in [-0.2, 0) is 4.79 Å². The van der Waals surface area contributed by atoms with Crippen molar-refractivity contribution in [2.45, 2.75) is 19.1 Å². The van der Waals surface area contributed by atoms with Gasteiger partial charge in [-0.1, -0.05) is 35.5 Å². The van der Waals surface area contributed by atoms with Crippen LogP contribution in [0.5, 0.6) is 0 Å². The van der Waals surface area contributed by atoms with Crippen molar-refractivity contribution in [2.24, 2.45) is 0 Å². The Morgan fingerprint density at radius 1 is 1.19 bits per heavy atom. The molecule has 0 saturated heterocycles. The Balaban J connectivity index is 1.61. The van der Waals surface area contributed by atoms with Crippen molar-refractivity contribution in [3.63, 3.8) is 0 Å². The Bertz CT molecular complexity index is 985. The molecular weight excluding hydrogens is 368 g/mol. The zero-order valence-corrected chi connectivity index (χ0v) is 15.4. The average molecular weight is 384 g/mol. The molecule has 2 aromatic carbocycles. The number of thioether (sulfide) groups is 1. The van der Waals surface area contributed by atoms with E-state index in [4.69, 9.17) is 4.42 Å². The van der Waals surface area contributed by atoms with Crippen LogP contribution in [0.1, 0.15) is 11.1 Å². The molecule has 0 radical (unpaired) electrons. The van der Waals surface area contributed by atoms with Gasteiger partial charge < -0.3 is 9.73 Å². The average Bonchev–Trinajstić information content (AvgIpc) is 3.11. The van der Waals surface area contributed by atoms with E-state index < -0.39 is 4.92 Å². The number of nitro groups is 1. The van der Waals surface area contributed by atoms with Gasteiger partial charge in [0.1, 0.15) is 0 Å². The Morgan fingerprint density at radius 3 is 2.63 bits per heavy atom. The van der Waals surface area contributed by atoms with Gasteiger partial charge in [0.05, 0.1) is 21.9 Å². The van der Waals surface area contributed by atoms with Gasteiger partial charge in [0.15, 0.2) is 0 Å². The van der Waals surface area contributed by atoms with Crippen LogP contribution in [0, 0.1) is 24.0 Å². The van der Waals surface area contributed by atoms with E-state index in [1.807, 2.05) is 31.2 Å². The zero-order chi connectivity index (χ0) is 19.4. The molecule has 138 valence electrons. The Kier molecular flexibility index (Phi) is 5.51. The lowest BCUT2D eigenvalue weighted by Gasteiger charge is -2.07. The molecule has 27 heavy (non-hydrogen) atoms. The van der Waals surface area contributed by atoms with Gasteiger partial charge in [0.25, 0.3) is 10.9 Å². The first kappa shape index (κ1) is 18.6. The summed E-state index contributed by atoms with van der Waals surface area (Å²) in [5, 5.41) is 21.8. The lowest BCUT2D eigenvalue weighted by atomic mass is 10.1. The minimum Gasteiger partial charge on any atom is -0.411 e. The molecule has 0 aliphatic carbocycles. The van der Waals surface area contributed by atoms with Crippen LogP contribution in [0.15, 0.2) is 52.1 Å². The highest BCUT2D eigenvalue weighted by atomic mass is 32.2. The number of amides is 1. The molecule has 0 unspecified atom stereocenters. The molecule has 1 aromatic heterocycles. The molecule has 3 aromatic rings. The topological polar surface area (TPSA) is 111 Å². The molecule has 8 nitrogen and oxygen atoms in total. The summed E-state index contributed by atoms with van der Waals surface area (Å²) >= 11 is 1.10. The molecule has 0 aliphatic rings. The molecule has 1 N–H and O–H groups in total. The highest BCUT2D eigenvalue weighted by Gasteiger charge is 2.16. The number of anilines is 1. The van der Waals surface area contributed by atoms with E-state index in [1.165, 1.54) is 12.1 Å². The predicted molar refractivity (Wildman–Crippen MR) is 102 cm³/mol. The maximum Gasteiger partial charge on any atom is 0.277 e. The monoisotopic (exact) mass is 384 g/mol. The number of nitrogens with one attached hydrogen (secondary N) is 1. The lowest BCUT2D eigenvalue weighted by molar-refractivity contribution is -0.385. The summed E-state index contributed by atoms with van der Waals surface area (Å²) in [6.07, 6.45) is 0. The summed E-state index contributed by atoms with van der Waals surface area (Å²) in [6, 6.07) is 12.2. The quantitative estimate of drug-likeness (QED) is 0.388. The van der Waals surface area contributed by atoms with Crippen molar-refractivity contribution in [3.05, 3.63) is 63.7 Å². The van der Waals surface area contributed by atoms with Gasteiger partial charge in [-0.2, -0.15) is 0 Å². The maximum absolute atomic E-state index is 12.1. The number of aryl methyl sites for hydroxylation is 1. The van der Waals surface area contributed by atoms with Gasteiger partial charge >= 0.3 is 0 Å². The molecule has 9 heteroatoms. The van der Waals surface area contributed by atoms with E-state index in [9.17, 15) is 14.9 Å². The second-order valence-electron chi connectivity index (χ2n) is 5.78. The van der Waals surface area contributed by atoms with Crippen LogP contribution in [0.2, 0.25) is 0 Å². The van der Waals surface area contributed by atoms with Crippen molar-refractivity contribution in [1.29, 1.82) is 0 Å². The van der Waals surface area contributed by atoms with Crippen LogP contribution in [0.4, 0.5) is 11.4 Å². The number of nitro benzene ring substituents is 1. The molecule has 0 atom stereocenters. The molecule has 0 fully saturated rings. The number of hydrogen-bond donors (Lipinski definition) is 1. The minimum atomic E-state index is -0.481. The lowest BCUT2D eigenvalue weighted by Crippen LogP contribution is -2.15. The Morgan fingerprint density at radius 2 is 1.93 bits per heavy atom. The van der Waals surface area contributed by atoms with E-state index in [1.54, 1.807) is 13.0 Å². The van der Waals surface area contributed by atoms with Crippen molar-refractivity contribution < 1.29 is 14.1 Å². The van der Waals surface area contributed by atoms with Gasteiger partial charge in [-0.25, -0.2) is 0 Å². The number of hydrogen-bond acceptors (Lipinski definition) is 7. The molecular formula is C18H16N4O4S. The Hall–Kier alpha value is -3.20. The number of aromatic nitrogens is 2. The first-order chi connectivity index (χ1) is 12.9. The molecule has 0 bridgehead atoms. The third-order valence-electron chi connectivity index (χ3n) is 3.81. The van der Waals surface area contributed by atoms with Crippen LogP contribution in [0.25, 0.3) is 11.5 Å². The molecule has 0 aliphatic heterocycles. The van der Waals surface area contributed by atoms with Crippen molar-refractivity contribution in [1.82, 2.24) is 10.2 Å². The number of carbonyl (C=O) groups is 1. The summed E-state index contributed by atoms with van der Waals surface area (Å²) in [6.45, 7) is 3.58. The smallest absolute Gasteiger partial charge is 0.277 e. The van der Waals surface area contributed by atoms with Crippen LogP contribution in [0.3, 0.4) is 0 Å². The SMILES string of the molecule is Cc1ccc(-c2nnc(SCC(=O)Nc3cccc([N+](=O)[O-])c3C)o2)cc1. The number of rotatable bonds is 6. The van der Waals surface area contributed by atoms with Gasteiger partial charge in [-0.05, 0) is 32.0 Å². The Labute approximate surface area is 159 Å². The summed E-state index contributed by atoms with van der Waals surface area (Å²) in [5.41, 5.74) is 2.69. The number of carbonyl (C=O) groups excluding carboxylic acids is 1. The predicted octanol–water partition coefficient (Wildman–Crippen LogP) is 3.99. The summed E-state index contributed by atoms with van der Waals surface area (Å²) in [5.74, 6) is 0.101. The zero-order valence-electron chi connectivity index (χ0n) is 14.6. The van der Waals surface area contributed by atoms with Gasteiger partial charge in [-0.3, -0.25) is 14.9 Å². The molecule has 3 rings (SSSR count). The van der Waals surface area contributed by atoms with Crippen LogP contribution < -0.4 is 5.32 Å². The van der Waals surface area contributed by atoms with Crippen LogP contribution >= 0.6 is 11.8 Å². The van der Waals surface area contributed by atoms with E-state index in [2.05, 4.69) is 15.5 Å². The largest absolute Gasteiger partial charge is 0.411 e. The highest BCUT2D eigenvalue weighted by Crippen LogP contribution is 2.26. The standard InChI is InChI=1S/C18H16N4O4S/c1-11-6-8-13(9-7-11)17-20-21-18(26-17)27-10-16(23)19-14-4-3-5-15(12(14)2)22(24)25/h3-9H,10H2,1-2H3,(H,19,23). The summed E-state index contributed by atoms with van der Waals surface area (Å²) in [7, 11) is 0.